The van der Waals surface area contributed by atoms with Crippen LogP contribution in [0.1, 0.15) is 32.6 Å². The number of hydrogen-bond acceptors (Lipinski definition) is 6. The Labute approximate surface area is 198 Å². The first-order valence-electron chi connectivity index (χ1n) is 11.5. The largest absolute Gasteiger partial charge is 0.582 e. The first kappa shape index (κ1) is 22.1. The summed E-state index contributed by atoms with van der Waals surface area (Å²) < 4.78 is 7.73. The van der Waals surface area contributed by atoms with Crippen LogP contribution < -0.4 is 10.2 Å². The van der Waals surface area contributed by atoms with Crippen LogP contribution in [0.2, 0.25) is 0 Å². The van der Waals surface area contributed by atoms with Crippen molar-refractivity contribution in [3.05, 3.63) is 66.7 Å². The van der Waals surface area contributed by atoms with Crippen LogP contribution in [0, 0.1) is 0 Å². The fourth-order valence-electron chi connectivity index (χ4n) is 4.46. The maximum Gasteiger partial charge on any atom is 0.582 e. The standard InChI is InChI=1S/C26H27BN2O3S/c1-2-3-4-9-16-32-26-21-12-7-5-10-19(21)25(20-11-6-8-13-22(20)26)18-14-15-24-23(17-18)28-29(33-24)27(30)31/h5-8,10-15,17,28,30-31H,2-4,9,16H2,1H3. The zero-order chi connectivity index (χ0) is 22.8. The van der Waals surface area contributed by atoms with E-state index >= 15 is 0 Å². The van der Waals surface area contributed by atoms with Crippen LogP contribution in [0.25, 0.3) is 32.7 Å². The number of rotatable bonds is 8. The molecule has 4 aromatic carbocycles. The minimum absolute atomic E-state index is 0.715. The van der Waals surface area contributed by atoms with Gasteiger partial charge in [-0.1, -0.05) is 80.8 Å². The Kier molecular flexibility index (Phi) is 6.47. The Hall–Kier alpha value is -2.71. The highest BCUT2D eigenvalue weighted by Gasteiger charge is 2.29. The molecule has 0 bridgehead atoms. The molecule has 0 radical (unpaired) electrons. The van der Waals surface area contributed by atoms with Gasteiger partial charge in [-0.2, -0.15) is 0 Å². The van der Waals surface area contributed by atoms with Crippen molar-refractivity contribution in [2.45, 2.75) is 37.5 Å². The van der Waals surface area contributed by atoms with Crippen LogP contribution in [-0.4, -0.2) is 28.2 Å². The van der Waals surface area contributed by atoms with Gasteiger partial charge in [0.2, 0.25) is 0 Å². The van der Waals surface area contributed by atoms with Crippen molar-refractivity contribution in [2.24, 2.45) is 0 Å². The summed E-state index contributed by atoms with van der Waals surface area (Å²) in [6, 6.07) is 23.0. The summed E-state index contributed by atoms with van der Waals surface area (Å²) in [5.74, 6) is 0.950. The third-order valence-corrected chi connectivity index (χ3v) is 7.06. The lowest BCUT2D eigenvalue weighted by Crippen LogP contribution is -2.35. The molecule has 0 unspecified atom stereocenters. The lowest BCUT2D eigenvalue weighted by atomic mass is 9.91. The first-order chi connectivity index (χ1) is 16.2. The highest BCUT2D eigenvalue weighted by Crippen LogP contribution is 2.46. The number of unbranched alkanes of at least 4 members (excludes halogenated alkanes) is 3. The van der Waals surface area contributed by atoms with Gasteiger partial charge in [-0.3, -0.25) is 0 Å². The van der Waals surface area contributed by atoms with Gasteiger partial charge in [0.25, 0.3) is 0 Å². The smallest absolute Gasteiger partial charge is 0.492 e. The highest BCUT2D eigenvalue weighted by atomic mass is 32.2. The van der Waals surface area contributed by atoms with E-state index in [0.29, 0.717) is 6.61 Å². The molecule has 0 aliphatic carbocycles. The van der Waals surface area contributed by atoms with Crippen LogP contribution >= 0.6 is 11.9 Å². The fraction of sp³-hybridized carbons (Fsp3) is 0.231. The lowest BCUT2D eigenvalue weighted by molar-refractivity contribution is 0.312. The van der Waals surface area contributed by atoms with E-state index in [4.69, 9.17) is 4.74 Å². The van der Waals surface area contributed by atoms with Gasteiger partial charge in [-0.25, -0.2) is 0 Å². The molecule has 0 spiro atoms. The average molecular weight is 458 g/mol. The van der Waals surface area contributed by atoms with E-state index in [2.05, 4.69) is 73.0 Å². The fourth-order valence-corrected chi connectivity index (χ4v) is 5.24. The van der Waals surface area contributed by atoms with Crippen LogP contribution in [0.15, 0.2) is 71.6 Å². The summed E-state index contributed by atoms with van der Waals surface area (Å²) in [4.78, 5) is 0.951. The van der Waals surface area contributed by atoms with Gasteiger partial charge >= 0.3 is 7.25 Å². The molecule has 0 amide bonds. The van der Waals surface area contributed by atoms with Crippen molar-refractivity contribution in [3.63, 3.8) is 0 Å². The summed E-state index contributed by atoms with van der Waals surface area (Å²) in [6.07, 6.45) is 4.69. The lowest BCUT2D eigenvalue weighted by Gasteiger charge is -2.18. The number of hydrazine groups is 1. The molecule has 5 rings (SSSR count). The quantitative estimate of drug-likeness (QED) is 0.126. The van der Waals surface area contributed by atoms with Crippen molar-refractivity contribution >= 4 is 46.4 Å². The zero-order valence-corrected chi connectivity index (χ0v) is 19.4. The van der Waals surface area contributed by atoms with E-state index in [1.807, 2.05) is 6.07 Å². The van der Waals surface area contributed by atoms with Gasteiger partial charge in [0.15, 0.2) is 0 Å². The third kappa shape index (κ3) is 4.29. The van der Waals surface area contributed by atoms with Crippen molar-refractivity contribution in [1.29, 1.82) is 0 Å². The van der Waals surface area contributed by atoms with Crippen LogP contribution in [0.4, 0.5) is 5.69 Å². The van der Waals surface area contributed by atoms with E-state index in [0.717, 1.165) is 55.4 Å². The van der Waals surface area contributed by atoms with Crippen molar-refractivity contribution in [1.82, 2.24) is 4.33 Å². The number of benzene rings is 4. The second-order valence-electron chi connectivity index (χ2n) is 8.29. The molecule has 0 saturated heterocycles. The molecule has 0 saturated carbocycles. The molecular weight excluding hydrogens is 431 g/mol. The molecule has 0 fully saturated rings. The van der Waals surface area contributed by atoms with E-state index in [1.165, 1.54) is 35.5 Å². The Morgan fingerprint density at radius 3 is 2.18 bits per heavy atom. The molecule has 0 atom stereocenters. The molecule has 0 aromatic heterocycles. The second kappa shape index (κ2) is 9.65. The van der Waals surface area contributed by atoms with E-state index < -0.39 is 7.25 Å². The highest BCUT2D eigenvalue weighted by molar-refractivity contribution is 7.98. The molecule has 5 nitrogen and oxygen atoms in total. The van der Waals surface area contributed by atoms with Crippen LogP contribution in [0.3, 0.4) is 0 Å². The van der Waals surface area contributed by atoms with E-state index in [1.54, 1.807) is 0 Å². The molecule has 168 valence electrons. The van der Waals surface area contributed by atoms with Gasteiger partial charge in [-0.15, -0.1) is 4.33 Å². The summed E-state index contributed by atoms with van der Waals surface area (Å²) in [5, 5.41) is 23.6. The summed E-state index contributed by atoms with van der Waals surface area (Å²) in [7, 11) is -1.58. The number of ether oxygens (including phenoxy) is 1. The Balaban J connectivity index is 1.62. The summed E-state index contributed by atoms with van der Waals surface area (Å²) in [5.41, 5.74) is 6.14. The predicted octanol–water partition coefficient (Wildman–Crippen LogP) is 6.24. The molecule has 1 aliphatic rings. The average Bonchev–Trinajstić information content (AvgIpc) is 3.27. The van der Waals surface area contributed by atoms with Crippen molar-refractivity contribution in [2.75, 3.05) is 12.0 Å². The van der Waals surface area contributed by atoms with Gasteiger partial charge < -0.3 is 20.2 Å². The predicted molar refractivity (Wildman–Crippen MR) is 138 cm³/mol. The Morgan fingerprint density at radius 1 is 0.879 bits per heavy atom. The monoisotopic (exact) mass is 458 g/mol. The Bertz CT molecular complexity index is 1240. The van der Waals surface area contributed by atoms with E-state index in [9.17, 15) is 10.0 Å². The van der Waals surface area contributed by atoms with Gasteiger partial charge in [0, 0.05) is 15.7 Å². The molecular formula is C26H27BN2O3S. The molecule has 4 aromatic rings. The number of nitrogens with zero attached hydrogens (tertiary/aromatic N) is 1. The topological polar surface area (TPSA) is 65.0 Å². The maximum absolute atomic E-state index is 9.53. The number of nitrogens with one attached hydrogen (secondary N) is 1. The minimum Gasteiger partial charge on any atom is -0.492 e. The molecule has 3 N–H and O–H groups in total. The molecule has 1 aliphatic heterocycles. The van der Waals surface area contributed by atoms with Crippen molar-refractivity contribution < 1.29 is 14.8 Å². The zero-order valence-electron chi connectivity index (χ0n) is 18.6. The number of fused-ring (bicyclic) bond motifs is 3. The maximum atomic E-state index is 9.53. The molecule has 1 heterocycles. The third-order valence-electron chi connectivity index (χ3n) is 6.03. The number of hydrogen-bond donors (Lipinski definition) is 3. The number of anilines is 1. The van der Waals surface area contributed by atoms with E-state index in [-0.39, 0.29) is 0 Å². The summed E-state index contributed by atoms with van der Waals surface area (Å²) in [6.45, 7) is 2.93. The van der Waals surface area contributed by atoms with Gasteiger partial charge in [0.05, 0.1) is 12.3 Å². The SMILES string of the molecule is CCCCCCOc1c2ccccc2c(-c2ccc3c(c2)NN(B(O)O)S3)c2ccccc12. The molecule has 7 heteroatoms. The normalized spacial score (nSPS) is 13.3. The summed E-state index contributed by atoms with van der Waals surface area (Å²) >= 11 is 1.27. The minimum atomic E-state index is -1.58. The van der Waals surface area contributed by atoms with Gasteiger partial charge in [-0.05, 0) is 52.4 Å². The Morgan fingerprint density at radius 2 is 1.55 bits per heavy atom. The molecule has 33 heavy (non-hydrogen) atoms. The first-order valence-corrected chi connectivity index (χ1v) is 12.3. The van der Waals surface area contributed by atoms with Crippen molar-refractivity contribution in [3.8, 4) is 16.9 Å². The second-order valence-corrected chi connectivity index (χ2v) is 9.31. The van der Waals surface area contributed by atoms with Crippen LogP contribution in [-0.2, 0) is 0 Å². The van der Waals surface area contributed by atoms with Crippen LogP contribution in [0.5, 0.6) is 5.75 Å². The van der Waals surface area contributed by atoms with Gasteiger partial charge in [0.1, 0.15) is 5.75 Å².